The quantitative estimate of drug-likeness (QED) is 0.733. The van der Waals surface area contributed by atoms with Gasteiger partial charge < -0.3 is 9.59 Å². The number of likely N-dealkylation sites (N-methyl/N-ethyl adjacent to an activating group) is 1. The van der Waals surface area contributed by atoms with Crippen LogP contribution in [-0.2, 0) is 6.54 Å². The molecule has 1 aromatic rings. The predicted molar refractivity (Wildman–Crippen MR) is 68.0 cm³/mol. The second kappa shape index (κ2) is 6.02. The standard InChI is InChI=1S/C14H24NO/c1-4-10-15(3,11-13(2)16)12-14-8-6-5-7-9-14/h5-9,13,16H,4,10-12H2,1-3H3/q+1. The number of nitrogens with zero attached hydrogens (tertiary/aromatic N) is 1. The van der Waals surface area contributed by atoms with Crippen LogP contribution in [0.3, 0.4) is 0 Å². The van der Waals surface area contributed by atoms with Gasteiger partial charge in [0, 0.05) is 5.56 Å². The second-order valence-electron chi connectivity index (χ2n) is 5.02. The molecular weight excluding hydrogens is 198 g/mol. The Balaban J connectivity index is 2.70. The molecule has 1 aromatic carbocycles. The molecule has 0 aromatic heterocycles. The van der Waals surface area contributed by atoms with E-state index < -0.39 is 0 Å². The fourth-order valence-corrected chi connectivity index (χ4v) is 2.44. The Morgan fingerprint density at radius 1 is 1.25 bits per heavy atom. The highest BCUT2D eigenvalue weighted by molar-refractivity contribution is 5.13. The van der Waals surface area contributed by atoms with Crippen molar-refractivity contribution in [3.8, 4) is 0 Å². The summed E-state index contributed by atoms with van der Waals surface area (Å²) in [4.78, 5) is 0. The molecule has 0 heterocycles. The molecule has 0 radical (unpaired) electrons. The average molecular weight is 222 g/mol. The summed E-state index contributed by atoms with van der Waals surface area (Å²) in [6.45, 7) is 7.00. The van der Waals surface area contributed by atoms with Crippen LogP contribution in [-0.4, -0.2) is 35.8 Å². The maximum atomic E-state index is 9.58. The summed E-state index contributed by atoms with van der Waals surface area (Å²) in [6, 6.07) is 10.5. The Bertz CT molecular complexity index is 297. The summed E-state index contributed by atoms with van der Waals surface area (Å²) >= 11 is 0. The SMILES string of the molecule is CCC[N+](C)(Cc1ccccc1)CC(C)O. The first-order valence-electron chi connectivity index (χ1n) is 6.11. The van der Waals surface area contributed by atoms with E-state index in [1.165, 1.54) is 5.56 Å². The van der Waals surface area contributed by atoms with Gasteiger partial charge in [0.1, 0.15) is 19.2 Å². The van der Waals surface area contributed by atoms with E-state index >= 15 is 0 Å². The molecule has 0 fully saturated rings. The predicted octanol–water partition coefficient (Wildman–Crippen LogP) is 2.42. The van der Waals surface area contributed by atoms with Crippen molar-refractivity contribution in [3.05, 3.63) is 35.9 Å². The highest BCUT2D eigenvalue weighted by Crippen LogP contribution is 2.13. The highest BCUT2D eigenvalue weighted by Gasteiger charge is 2.23. The third-order valence-electron chi connectivity index (χ3n) is 2.88. The van der Waals surface area contributed by atoms with Crippen LogP contribution in [0.25, 0.3) is 0 Å². The number of hydrogen-bond acceptors (Lipinski definition) is 1. The molecule has 0 spiro atoms. The van der Waals surface area contributed by atoms with Crippen LogP contribution in [0.15, 0.2) is 30.3 Å². The van der Waals surface area contributed by atoms with Gasteiger partial charge in [-0.1, -0.05) is 37.3 Å². The lowest BCUT2D eigenvalue weighted by atomic mass is 10.1. The van der Waals surface area contributed by atoms with Crippen molar-refractivity contribution in [3.63, 3.8) is 0 Å². The summed E-state index contributed by atoms with van der Waals surface area (Å²) < 4.78 is 0.915. The molecule has 16 heavy (non-hydrogen) atoms. The van der Waals surface area contributed by atoms with Gasteiger partial charge in [-0.15, -0.1) is 0 Å². The zero-order valence-corrected chi connectivity index (χ0v) is 10.7. The maximum Gasteiger partial charge on any atom is 0.105 e. The van der Waals surface area contributed by atoms with E-state index in [1.54, 1.807) is 0 Å². The van der Waals surface area contributed by atoms with Crippen LogP contribution in [0.1, 0.15) is 25.8 Å². The minimum absolute atomic E-state index is 0.236. The van der Waals surface area contributed by atoms with Crippen LogP contribution in [0.5, 0.6) is 0 Å². The van der Waals surface area contributed by atoms with E-state index in [0.717, 1.165) is 30.5 Å². The third kappa shape index (κ3) is 4.33. The Kier molecular flexibility index (Phi) is 4.97. The van der Waals surface area contributed by atoms with Gasteiger partial charge in [-0.25, -0.2) is 0 Å². The molecule has 0 aliphatic rings. The van der Waals surface area contributed by atoms with Crippen molar-refractivity contribution in [2.75, 3.05) is 20.1 Å². The maximum absolute atomic E-state index is 9.58. The molecular formula is C14H24NO+. The number of benzene rings is 1. The Morgan fingerprint density at radius 3 is 2.38 bits per heavy atom. The van der Waals surface area contributed by atoms with Gasteiger partial charge in [0.05, 0.1) is 13.6 Å². The van der Waals surface area contributed by atoms with Gasteiger partial charge in [-0.3, -0.25) is 0 Å². The first-order valence-corrected chi connectivity index (χ1v) is 6.11. The molecule has 2 heteroatoms. The van der Waals surface area contributed by atoms with E-state index in [9.17, 15) is 5.11 Å². The lowest BCUT2D eigenvalue weighted by molar-refractivity contribution is -0.925. The molecule has 2 nitrogen and oxygen atoms in total. The fourth-order valence-electron chi connectivity index (χ4n) is 2.44. The molecule has 0 bridgehead atoms. The molecule has 90 valence electrons. The minimum Gasteiger partial charge on any atom is -0.388 e. The smallest absolute Gasteiger partial charge is 0.105 e. The molecule has 0 saturated heterocycles. The summed E-state index contributed by atoms with van der Waals surface area (Å²) in [6.07, 6.45) is 0.913. The zero-order chi connectivity index (χ0) is 12.0. The van der Waals surface area contributed by atoms with E-state index in [0.29, 0.717) is 0 Å². The Hall–Kier alpha value is -0.860. The average Bonchev–Trinajstić information content (AvgIpc) is 2.17. The summed E-state index contributed by atoms with van der Waals surface area (Å²) in [5, 5.41) is 9.58. The third-order valence-corrected chi connectivity index (χ3v) is 2.88. The minimum atomic E-state index is -0.236. The normalized spacial score (nSPS) is 16.8. The second-order valence-corrected chi connectivity index (χ2v) is 5.02. The van der Waals surface area contributed by atoms with Gasteiger partial charge in [-0.2, -0.15) is 0 Å². The number of rotatable bonds is 6. The van der Waals surface area contributed by atoms with E-state index in [4.69, 9.17) is 0 Å². The first kappa shape index (κ1) is 13.2. The molecule has 0 saturated carbocycles. The molecule has 1 rings (SSSR count). The topological polar surface area (TPSA) is 20.2 Å². The summed E-state index contributed by atoms with van der Waals surface area (Å²) in [5.74, 6) is 0. The van der Waals surface area contributed by atoms with Gasteiger partial charge in [-0.05, 0) is 13.3 Å². The van der Waals surface area contributed by atoms with Crippen molar-refractivity contribution in [2.45, 2.75) is 32.9 Å². The molecule has 1 N–H and O–H groups in total. The van der Waals surface area contributed by atoms with Gasteiger partial charge in [0.2, 0.25) is 0 Å². The van der Waals surface area contributed by atoms with Gasteiger partial charge in [0.25, 0.3) is 0 Å². The fraction of sp³-hybridized carbons (Fsp3) is 0.571. The monoisotopic (exact) mass is 222 g/mol. The van der Waals surface area contributed by atoms with E-state index in [1.807, 2.05) is 13.0 Å². The molecule has 0 amide bonds. The van der Waals surface area contributed by atoms with Crippen LogP contribution in [0.4, 0.5) is 0 Å². The van der Waals surface area contributed by atoms with Crippen molar-refractivity contribution in [2.24, 2.45) is 0 Å². The Morgan fingerprint density at radius 2 is 1.88 bits per heavy atom. The van der Waals surface area contributed by atoms with Crippen molar-refractivity contribution >= 4 is 0 Å². The highest BCUT2D eigenvalue weighted by atomic mass is 16.3. The van der Waals surface area contributed by atoms with E-state index in [2.05, 4.69) is 38.2 Å². The zero-order valence-electron chi connectivity index (χ0n) is 10.7. The molecule has 0 aliphatic heterocycles. The van der Waals surface area contributed by atoms with Gasteiger partial charge in [0.15, 0.2) is 0 Å². The lowest BCUT2D eigenvalue weighted by Gasteiger charge is -2.35. The number of aliphatic hydroxyl groups excluding tert-OH is 1. The Labute approximate surface area is 99.1 Å². The largest absolute Gasteiger partial charge is 0.388 e. The molecule has 2 atom stereocenters. The summed E-state index contributed by atoms with van der Waals surface area (Å²) in [7, 11) is 2.23. The van der Waals surface area contributed by atoms with Crippen LogP contribution >= 0.6 is 0 Å². The van der Waals surface area contributed by atoms with Crippen molar-refractivity contribution < 1.29 is 9.59 Å². The van der Waals surface area contributed by atoms with Crippen LogP contribution in [0.2, 0.25) is 0 Å². The number of quaternary nitrogens is 1. The molecule has 2 unspecified atom stereocenters. The van der Waals surface area contributed by atoms with E-state index in [-0.39, 0.29) is 6.10 Å². The lowest BCUT2D eigenvalue weighted by Crippen LogP contribution is -2.48. The first-order chi connectivity index (χ1) is 7.56. The van der Waals surface area contributed by atoms with Crippen LogP contribution < -0.4 is 0 Å². The van der Waals surface area contributed by atoms with Crippen LogP contribution in [0, 0.1) is 0 Å². The van der Waals surface area contributed by atoms with Gasteiger partial charge >= 0.3 is 0 Å². The number of hydrogen-bond donors (Lipinski definition) is 1. The van der Waals surface area contributed by atoms with Crippen molar-refractivity contribution in [1.29, 1.82) is 0 Å². The molecule has 0 aliphatic carbocycles. The number of aliphatic hydroxyl groups is 1. The van der Waals surface area contributed by atoms with Crippen molar-refractivity contribution in [1.82, 2.24) is 0 Å². The summed E-state index contributed by atoms with van der Waals surface area (Å²) in [5.41, 5.74) is 1.35.